The highest BCUT2D eigenvalue weighted by Crippen LogP contribution is 2.43. The average Bonchev–Trinajstić information content (AvgIpc) is 3.94. The molecule has 3 aromatic heterocycles. The Morgan fingerprint density at radius 1 is 0.288 bits per heavy atom. The third-order valence-corrected chi connectivity index (χ3v) is 12.4. The molecule has 0 N–H and O–H groups in total. The Morgan fingerprint density at radius 3 is 1.63 bits per heavy atom. The van der Waals surface area contributed by atoms with E-state index < -0.39 is 0 Å². The van der Waals surface area contributed by atoms with Crippen LogP contribution in [0.2, 0.25) is 0 Å². The molecule has 0 radical (unpaired) electrons. The smallest absolute Gasteiger partial charge is 0.136 e. The van der Waals surface area contributed by atoms with E-state index in [0.717, 1.165) is 44.4 Å². The number of hydrogen-bond acceptors (Lipinski definition) is 1. The largest absolute Gasteiger partial charge is 0.456 e. The maximum atomic E-state index is 6.31. The van der Waals surface area contributed by atoms with Crippen LogP contribution < -0.4 is 0 Å². The predicted molar refractivity (Wildman–Crippen MR) is 248 cm³/mol. The van der Waals surface area contributed by atoms with Gasteiger partial charge in [-0.2, -0.15) is 0 Å². The number of hydrogen-bond donors (Lipinski definition) is 0. The predicted octanol–water partition coefficient (Wildman–Crippen LogP) is 15.4. The van der Waals surface area contributed by atoms with Crippen molar-refractivity contribution in [2.24, 2.45) is 0 Å². The van der Waals surface area contributed by atoms with Crippen molar-refractivity contribution in [1.82, 2.24) is 9.13 Å². The summed E-state index contributed by atoms with van der Waals surface area (Å²) in [6, 6.07) is 75.2. The summed E-state index contributed by atoms with van der Waals surface area (Å²) in [5.74, 6) is 0. The van der Waals surface area contributed by atoms with Gasteiger partial charge in [-0.15, -0.1) is 0 Å². The number of furan rings is 1. The van der Waals surface area contributed by atoms with E-state index in [9.17, 15) is 0 Å². The highest BCUT2D eigenvalue weighted by Gasteiger charge is 2.20. The molecule has 59 heavy (non-hydrogen) atoms. The van der Waals surface area contributed by atoms with Gasteiger partial charge in [0.25, 0.3) is 0 Å². The van der Waals surface area contributed by atoms with Crippen LogP contribution in [0.3, 0.4) is 0 Å². The molecule has 0 aliphatic rings. The molecule has 0 saturated carbocycles. The van der Waals surface area contributed by atoms with Crippen LogP contribution in [0.1, 0.15) is 0 Å². The van der Waals surface area contributed by atoms with Crippen LogP contribution in [-0.4, -0.2) is 9.13 Å². The topological polar surface area (TPSA) is 23.0 Å². The molecule has 0 bridgehead atoms. The summed E-state index contributed by atoms with van der Waals surface area (Å²) < 4.78 is 11.2. The lowest BCUT2D eigenvalue weighted by Crippen LogP contribution is -1.95. The van der Waals surface area contributed by atoms with Crippen molar-refractivity contribution < 1.29 is 4.42 Å². The molecular weight excluding hydrogens is 717 g/mol. The van der Waals surface area contributed by atoms with Crippen molar-refractivity contribution in [2.75, 3.05) is 0 Å². The van der Waals surface area contributed by atoms with Crippen molar-refractivity contribution in [3.8, 4) is 33.6 Å². The number of nitrogens with zero attached hydrogens (tertiary/aromatic N) is 2. The van der Waals surface area contributed by atoms with Crippen molar-refractivity contribution in [2.45, 2.75) is 0 Å². The van der Waals surface area contributed by atoms with Gasteiger partial charge in [-0.25, -0.2) is 0 Å². The van der Waals surface area contributed by atoms with E-state index in [1.807, 2.05) is 6.07 Å². The second kappa shape index (κ2) is 12.3. The average molecular weight is 751 g/mol. The van der Waals surface area contributed by atoms with Crippen LogP contribution in [0.15, 0.2) is 211 Å². The van der Waals surface area contributed by atoms with Gasteiger partial charge in [-0.3, -0.25) is 0 Å². The van der Waals surface area contributed by atoms with Crippen LogP contribution in [0.25, 0.3) is 121 Å². The fraction of sp³-hybridized carbons (Fsp3) is 0. The lowest BCUT2D eigenvalue weighted by Gasteiger charge is -2.12. The van der Waals surface area contributed by atoms with Gasteiger partial charge in [0.2, 0.25) is 0 Å². The molecule has 274 valence electrons. The molecule has 0 atom stereocenters. The summed E-state index contributed by atoms with van der Waals surface area (Å²) in [5, 5.41) is 12.2. The van der Waals surface area contributed by atoms with Gasteiger partial charge in [0.1, 0.15) is 11.2 Å². The molecule has 0 aliphatic heterocycles. The van der Waals surface area contributed by atoms with Gasteiger partial charge in [0.15, 0.2) is 0 Å². The zero-order chi connectivity index (χ0) is 38.6. The molecule has 13 aromatic rings. The zero-order valence-corrected chi connectivity index (χ0v) is 31.9. The fourth-order valence-electron chi connectivity index (χ4n) is 9.75. The Morgan fingerprint density at radius 2 is 0.831 bits per heavy atom. The van der Waals surface area contributed by atoms with E-state index in [2.05, 4.69) is 209 Å². The molecule has 0 amide bonds. The maximum absolute atomic E-state index is 6.31. The van der Waals surface area contributed by atoms with E-state index in [1.165, 1.54) is 76.3 Å². The van der Waals surface area contributed by atoms with Gasteiger partial charge >= 0.3 is 0 Å². The molecular formula is C56H34N2O. The molecule has 0 fully saturated rings. The Bertz CT molecular complexity index is 3840. The van der Waals surface area contributed by atoms with Crippen molar-refractivity contribution in [3.63, 3.8) is 0 Å². The molecule has 0 saturated heterocycles. The van der Waals surface area contributed by atoms with Crippen LogP contribution in [0.5, 0.6) is 0 Å². The second-order valence-corrected chi connectivity index (χ2v) is 15.7. The Kier molecular flexibility index (Phi) is 6.72. The maximum Gasteiger partial charge on any atom is 0.136 e. The second-order valence-electron chi connectivity index (χ2n) is 15.7. The Balaban J connectivity index is 1.10. The van der Waals surface area contributed by atoms with Gasteiger partial charge < -0.3 is 13.6 Å². The number of rotatable bonds is 4. The molecule has 13 rings (SSSR count). The van der Waals surface area contributed by atoms with Crippen LogP contribution in [0, 0.1) is 0 Å². The summed E-state index contributed by atoms with van der Waals surface area (Å²) in [4.78, 5) is 0. The highest BCUT2D eigenvalue weighted by molar-refractivity contribution is 6.21. The van der Waals surface area contributed by atoms with Gasteiger partial charge in [-0.1, -0.05) is 127 Å². The van der Waals surface area contributed by atoms with E-state index in [-0.39, 0.29) is 0 Å². The number of fused-ring (bicyclic) bond motifs is 11. The Hall–Kier alpha value is -7.88. The molecule has 3 nitrogen and oxygen atoms in total. The molecule has 0 unspecified atom stereocenters. The third-order valence-electron chi connectivity index (χ3n) is 12.4. The Labute approximate surface area is 339 Å². The van der Waals surface area contributed by atoms with Crippen molar-refractivity contribution in [1.29, 1.82) is 0 Å². The minimum atomic E-state index is 0.902. The SMILES string of the molecule is c1ccc(-c2cccc(-n3c4cc5cc6ccccc6cc5cc4c4cc5c(cc43)c3ccccc3n5-c3cccc(-c4cccc5oc6ccccc6c45)c3)c2)cc1. The normalized spacial score (nSPS) is 12.1. The van der Waals surface area contributed by atoms with E-state index in [4.69, 9.17) is 4.42 Å². The zero-order valence-electron chi connectivity index (χ0n) is 31.9. The fourth-order valence-corrected chi connectivity index (χ4v) is 9.75. The van der Waals surface area contributed by atoms with Crippen molar-refractivity contribution >= 4 is 87.1 Å². The first-order valence-electron chi connectivity index (χ1n) is 20.2. The summed E-state index contributed by atoms with van der Waals surface area (Å²) >= 11 is 0. The summed E-state index contributed by atoms with van der Waals surface area (Å²) in [6.45, 7) is 0. The minimum Gasteiger partial charge on any atom is -0.456 e. The van der Waals surface area contributed by atoms with E-state index in [1.54, 1.807) is 0 Å². The van der Waals surface area contributed by atoms with Gasteiger partial charge in [-0.05, 0) is 123 Å². The van der Waals surface area contributed by atoms with Gasteiger partial charge in [0, 0.05) is 43.7 Å². The first-order chi connectivity index (χ1) is 29.2. The lowest BCUT2D eigenvalue weighted by atomic mass is 9.99. The van der Waals surface area contributed by atoms with E-state index in [0.29, 0.717) is 0 Å². The summed E-state index contributed by atoms with van der Waals surface area (Å²) in [6.07, 6.45) is 0. The molecule has 0 aliphatic carbocycles. The summed E-state index contributed by atoms with van der Waals surface area (Å²) in [5.41, 5.74) is 13.5. The third kappa shape index (κ3) is 4.82. The van der Waals surface area contributed by atoms with Gasteiger partial charge in [0.05, 0.1) is 22.1 Å². The quantitative estimate of drug-likeness (QED) is 0.164. The number of benzene rings is 10. The highest BCUT2D eigenvalue weighted by atomic mass is 16.3. The number of aromatic nitrogens is 2. The van der Waals surface area contributed by atoms with Crippen LogP contribution in [-0.2, 0) is 0 Å². The molecule has 0 spiro atoms. The monoisotopic (exact) mass is 750 g/mol. The minimum absolute atomic E-state index is 0.902. The van der Waals surface area contributed by atoms with E-state index >= 15 is 0 Å². The molecule has 3 heterocycles. The van der Waals surface area contributed by atoms with Crippen LogP contribution >= 0.6 is 0 Å². The van der Waals surface area contributed by atoms with Crippen LogP contribution in [0.4, 0.5) is 0 Å². The molecule has 10 aromatic carbocycles. The summed E-state index contributed by atoms with van der Waals surface area (Å²) in [7, 11) is 0. The standard InChI is InChI=1S/C56H34N2O/c1-2-13-35(14-3-1)38-17-10-19-42(29-38)58-51-32-41-28-37-16-5-4-15-36(37)27-40(41)31-47(51)49-34-52-48(33-53(49)58)45-21-6-8-24-50(45)57(52)43-20-11-18-39(30-43)44-23-12-26-55-56(44)46-22-7-9-25-54(46)59-55/h1-34H. The number of para-hydroxylation sites is 2. The lowest BCUT2D eigenvalue weighted by molar-refractivity contribution is 0.669. The first kappa shape index (κ1) is 32.2. The van der Waals surface area contributed by atoms with Crippen molar-refractivity contribution in [3.05, 3.63) is 206 Å². The molecule has 3 heteroatoms. The first-order valence-corrected chi connectivity index (χ1v) is 20.2.